The third-order valence-corrected chi connectivity index (χ3v) is 3.93. The molecule has 0 aliphatic carbocycles. The molecule has 1 aliphatic heterocycles. The normalized spacial score (nSPS) is 16.9. The summed E-state index contributed by atoms with van der Waals surface area (Å²) in [4.78, 5) is 14.5. The molecule has 1 aromatic carbocycles. The summed E-state index contributed by atoms with van der Waals surface area (Å²) in [6.45, 7) is 8.28. The number of carbonyl (C=O) groups is 1. The highest BCUT2D eigenvalue weighted by Crippen LogP contribution is 2.24. The Bertz CT molecular complexity index is 418. The number of fused-ring (bicyclic) bond motifs is 1. The van der Waals surface area contributed by atoms with Gasteiger partial charge >= 0.3 is 0 Å². The second-order valence-electron chi connectivity index (χ2n) is 5.23. The predicted molar refractivity (Wildman–Crippen MR) is 83.0 cm³/mol. The van der Waals surface area contributed by atoms with Crippen molar-refractivity contribution in [3.63, 3.8) is 0 Å². The van der Waals surface area contributed by atoms with E-state index in [9.17, 15) is 4.79 Å². The third-order valence-electron chi connectivity index (χ3n) is 3.93. The van der Waals surface area contributed by atoms with Gasteiger partial charge < -0.3 is 15.5 Å². The number of hydrogen-bond donors (Lipinski definition) is 2. The molecule has 1 atom stereocenters. The van der Waals surface area contributed by atoms with E-state index in [4.69, 9.17) is 0 Å². The average molecular weight is 275 g/mol. The summed E-state index contributed by atoms with van der Waals surface area (Å²) in [7, 11) is 0. The van der Waals surface area contributed by atoms with Gasteiger partial charge in [-0.2, -0.15) is 0 Å². The highest BCUT2D eigenvalue weighted by Gasteiger charge is 2.25. The molecule has 1 heterocycles. The third kappa shape index (κ3) is 3.73. The molecule has 0 aromatic heterocycles. The van der Waals surface area contributed by atoms with Crippen LogP contribution in [0.5, 0.6) is 0 Å². The van der Waals surface area contributed by atoms with E-state index in [1.807, 2.05) is 18.2 Å². The second kappa shape index (κ2) is 7.29. The van der Waals surface area contributed by atoms with Gasteiger partial charge in [0.05, 0.1) is 0 Å². The topological polar surface area (TPSA) is 44.4 Å². The Morgan fingerprint density at radius 3 is 2.80 bits per heavy atom. The van der Waals surface area contributed by atoms with Gasteiger partial charge in [0, 0.05) is 18.7 Å². The van der Waals surface area contributed by atoms with Gasteiger partial charge in [-0.25, -0.2) is 0 Å². The molecule has 4 nitrogen and oxygen atoms in total. The maximum Gasteiger partial charge on any atom is 0.242 e. The Hall–Kier alpha value is -1.55. The molecule has 0 bridgehead atoms. The number of carbonyl (C=O) groups excluding carboxylic acids is 1. The van der Waals surface area contributed by atoms with E-state index in [0.29, 0.717) is 0 Å². The predicted octanol–water partition coefficient (Wildman–Crippen LogP) is 1.87. The van der Waals surface area contributed by atoms with Crippen LogP contribution in [0, 0.1) is 0 Å². The van der Waals surface area contributed by atoms with Crippen molar-refractivity contribution in [1.29, 1.82) is 0 Å². The number of anilines is 1. The number of rotatable bonds is 7. The van der Waals surface area contributed by atoms with Crippen LogP contribution in [-0.4, -0.2) is 43.0 Å². The monoisotopic (exact) mass is 275 g/mol. The molecule has 0 fully saturated rings. The average Bonchev–Trinajstić information content (AvgIpc) is 2.91. The minimum absolute atomic E-state index is 0.110. The summed E-state index contributed by atoms with van der Waals surface area (Å²) in [6, 6.07) is 8.01. The molecule has 2 rings (SSSR count). The lowest BCUT2D eigenvalue weighted by Gasteiger charge is -2.18. The molecule has 0 saturated carbocycles. The van der Waals surface area contributed by atoms with Crippen LogP contribution >= 0.6 is 0 Å². The first-order chi connectivity index (χ1) is 9.74. The van der Waals surface area contributed by atoms with Crippen LogP contribution in [0.25, 0.3) is 0 Å². The lowest BCUT2D eigenvalue weighted by molar-refractivity contribution is -0.121. The molecule has 110 valence electrons. The summed E-state index contributed by atoms with van der Waals surface area (Å²) >= 11 is 0. The van der Waals surface area contributed by atoms with E-state index in [1.165, 1.54) is 5.56 Å². The fourth-order valence-corrected chi connectivity index (χ4v) is 2.63. The molecule has 1 aromatic rings. The first kappa shape index (κ1) is 14.9. The number of nitrogens with zero attached hydrogens (tertiary/aromatic N) is 1. The minimum atomic E-state index is -0.110. The van der Waals surface area contributed by atoms with Gasteiger partial charge in [0.1, 0.15) is 6.04 Å². The smallest absolute Gasteiger partial charge is 0.242 e. The maximum atomic E-state index is 12.1. The van der Waals surface area contributed by atoms with Gasteiger partial charge in [-0.15, -0.1) is 0 Å². The van der Waals surface area contributed by atoms with Gasteiger partial charge in [-0.3, -0.25) is 4.79 Å². The number of para-hydroxylation sites is 1. The molecule has 0 saturated heterocycles. The standard InChI is InChI=1S/C16H25N3O/c1-3-19(4-2)11-7-10-17-16(20)15-12-13-8-5-6-9-14(13)18-15/h5-6,8-9,15,18H,3-4,7,10-12H2,1-2H3,(H,17,20). The zero-order valence-electron chi connectivity index (χ0n) is 12.5. The van der Waals surface area contributed by atoms with Crippen LogP contribution in [-0.2, 0) is 11.2 Å². The van der Waals surface area contributed by atoms with Crippen molar-refractivity contribution in [2.75, 3.05) is 31.5 Å². The largest absolute Gasteiger partial charge is 0.373 e. The zero-order chi connectivity index (χ0) is 14.4. The van der Waals surface area contributed by atoms with Crippen LogP contribution in [0.3, 0.4) is 0 Å². The fourth-order valence-electron chi connectivity index (χ4n) is 2.63. The zero-order valence-corrected chi connectivity index (χ0v) is 12.5. The highest BCUT2D eigenvalue weighted by molar-refractivity contribution is 5.87. The van der Waals surface area contributed by atoms with Crippen molar-refractivity contribution < 1.29 is 4.79 Å². The Kier molecular flexibility index (Phi) is 5.41. The van der Waals surface area contributed by atoms with E-state index < -0.39 is 0 Å². The van der Waals surface area contributed by atoms with Gasteiger partial charge in [0.15, 0.2) is 0 Å². The Balaban J connectivity index is 1.69. The van der Waals surface area contributed by atoms with Crippen molar-refractivity contribution in [3.05, 3.63) is 29.8 Å². The molecule has 1 amide bonds. The van der Waals surface area contributed by atoms with E-state index in [2.05, 4.69) is 35.4 Å². The summed E-state index contributed by atoms with van der Waals surface area (Å²) in [5.41, 5.74) is 2.33. The van der Waals surface area contributed by atoms with Crippen LogP contribution in [0.4, 0.5) is 5.69 Å². The van der Waals surface area contributed by atoms with Crippen molar-refractivity contribution in [1.82, 2.24) is 10.2 Å². The van der Waals surface area contributed by atoms with Crippen molar-refractivity contribution in [2.45, 2.75) is 32.7 Å². The molecule has 1 unspecified atom stereocenters. The summed E-state index contributed by atoms with van der Waals surface area (Å²) < 4.78 is 0. The lowest BCUT2D eigenvalue weighted by atomic mass is 10.1. The van der Waals surface area contributed by atoms with Crippen LogP contribution in [0.1, 0.15) is 25.8 Å². The van der Waals surface area contributed by atoms with Gasteiger partial charge in [-0.05, 0) is 37.7 Å². The molecule has 1 aliphatic rings. The lowest BCUT2D eigenvalue weighted by Crippen LogP contribution is -2.39. The first-order valence-corrected chi connectivity index (χ1v) is 7.59. The van der Waals surface area contributed by atoms with Crippen molar-refractivity contribution in [3.8, 4) is 0 Å². The number of nitrogens with one attached hydrogen (secondary N) is 2. The summed E-state index contributed by atoms with van der Waals surface area (Å²) in [5, 5.41) is 6.32. The van der Waals surface area contributed by atoms with Crippen molar-refractivity contribution in [2.24, 2.45) is 0 Å². The molecular weight excluding hydrogens is 250 g/mol. The molecule has 4 heteroatoms. The second-order valence-corrected chi connectivity index (χ2v) is 5.23. The van der Waals surface area contributed by atoms with Crippen LogP contribution < -0.4 is 10.6 Å². The van der Waals surface area contributed by atoms with Gasteiger partial charge in [0.2, 0.25) is 5.91 Å². The Morgan fingerprint density at radius 2 is 2.10 bits per heavy atom. The molecule has 0 radical (unpaired) electrons. The van der Waals surface area contributed by atoms with E-state index in [0.717, 1.165) is 44.7 Å². The van der Waals surface area contributed by atoms with Crippen LogP contribution in [0.15, 0.2) is 24.3 Å². The number of amides is 1. The highest BCUT2D eigenvalue weighted by atomic mass is 16.2. The number of benzene rings is 1. The minimum Gasteiger partial charge on any atom is -0.373 e. The SMILES string of the molecule is CCN(CC)CCCNC(=O)C1Cc2ccccc2N1. The molecular formula is C16H25N3O. The quantitative estimate of drug-likeness (QED) is 0.747. The first-order valence-electron chi connectivity index (χ1n) is 7.59. The van der Waals surface area contributed by atoms with E-state index in [1.54, 1.807) is 0 Å². The van der Waals surface area contributed by atoms with Crippen molar-refractivity contribution >= 4 is 11.6 Å². The van der Waals surface area contributed by atoms with E-state index in [-0.39, 0.29) is 11.9 Å². The number of hydrogen-bond acceptors (Lipinski definition) is 3. The Morgan fingerprint density at radius 1 is 1.35 bits per heavy atom. The maximum absolute atomic E-state index is 12.1. The van der Waals surface area contributed by atoms with Gasteiger partial charge in [-0.1, -0.05) is 32.0 Å². The summed E-state index contributed by atoms with van der Waals surface area (Å²) in [6.07, 6.45) is 1.80. The Labute approximate surface area is 121 Å². The molecule has 20 heavy (non-hydrogen) atoms. The molecule has 2 N–H and O–H groups in total. The van der Waals surface area contributed by atoms with E-state index >= 15 is 0 Å². The molecule has 0 spiro atoms. The van der Waals surface area contributed by atoms with Gasteiger partial charge in [0.25, 0.3) is 0 Å². The van der Waals surface area contributed by atoms with Crippen LogP contribution in [0.2, 0.25) is 0 Å². The fraction of sp³-hybridized carbons (Fsp3) is 0.562. The summed E-state index contributed by atoms with van der Waals surface area (Å²) in [5.74, 6) is 0.112.